The molecule has 1 aromatic rings. The van der Waals surface area contributed by atoms with Gasteiger partial charge in [0.05, 0.1) is 0 Å². The van der Waals surface area contributed by atoms with Crippen molar-refractivity contribution in [1.82, 2.24) is 15.2 Å². The van der Waals surface area contributed by atoms with Crippen molar-refractivity contribution in [2.75, 3.05) is 25.1 Å². The standard InChI is InChI=1S/C12H21N5O2S/c1-6(2)14-12-16-9(13)8(20-12)10(18)15-7(3)11(19)17(4)5/h6-7H,13H2,1-5H3,(H,14,16)(H,15,18). The van der Waals surface area contributed by atoms with Crippen LogP contribution in [0.4, 0.5) is 10.9 Å². The van der Waals surface area contributed by atoms with Gasteiger partial charge in [-0.15, -0.1) is 0 Å². The number of hydrogen-bond acceptors (Lipinski definition) is 6. The van der Waals surface area contributed by atoms with E-state index in [1.807, 2.05) is 13.8 Å². The monoisotopic (exact) mass is 299 g/mol. The summed E-state index contributed by atoms with van der Waals surface area (Å²) >= 11 is 1.17. The van der Waals surface area contributed by atoms with Crippen molar-refractivity contribution in [3.8, 4) is 0 Å². The van der Waals surface area contributed by atoms with E-state index in [4.69, 9.17) is 5.73 Å². The van der Waals surface area contributed by atoms with Crippen LogP contribution in [0, 0.1) is 0 Å². The van der Waals surface area contributed by atoms with Crippen LogP contribution in [0.3, 0.4) is 0 Å². The predicted octanol–water partition coefficient (Wildman–Crippen LogP) is 0.752. The van der Waals surface area contributed by atoms with Gasteiger partial charge >= 0.3 is 0 Å². The molecule has 0 saturated carbocycles. The number of likely N-dealkylation sites (N-methyl/N-ethyl adjacent to an activating group) is 1. The molecule has 1 heterocycles. The molecule has 8 heteroatoms. The minimum atomic E-state index is -0.611. The van der Waals surface area contributed by atoms with Crippen LogP contribution in [0.1, 0.15) is 30.4 Å². The molecule has 0 saturated heterocycles. The summed E-state index contributed by atoms with van der Waals surface area (Å²) in [7, 11) is 3.27. The molecule has 7 nitrogen and oxygen atoms in total. The molecule has 1 aromatic heterocycles. The van der Waals surface area contributed by atoms with E-state index in [1.165, 1.54) is 16.2 Å². The second kappa shape index (κ2) is 6.56. The van der Waals surface area contributed by atoms with Gasteiger partial charge in [-0.05, 0) is 20.8 Å². The smallest absolute Gasteiger partial charge is 0.265 e. The van der Waals surface area contributed by atoms with Gasteiger partial charge < -0.3 is 21.3 Å². The molecule has 1 rings (SSSR count). The van der Waals surface area contributed by atoms with Crippen molar-refractivity contribution in [3.05, 3.63) is 4.88 Å². The van der Waals surface area contributed by atoms with Gasteiger partial charge in [0.1, 0.15) is 16.7 Å². The third kappa shape index (κ3) is 4.09. The maximum Gasteiger partial charge on any atom is 0.265 e. The molecule has 1 unspecified atom stereocenters. The summed E-state index contributed by atoms with van der Waals surface area (Å²) in [6.07, 6.45) is 0. The Hall–Kier alpha value is -1.83. The van der Waals surface area contributed by atoms with E-state index in [0.29, 0.717) is 10.0 Å². The highest BCUT2D eigenvalue weighted by atomic mass is 32.1. The Bertz CT molecular complexity index is 498. The molecule has 4 N–H and O–H groups in total. The van der Waals surface area contributed by atoms with Crippen molar-refractivity contribution in [2.24, 2.45) is 0 Å². The second-order valence-corrected chi connectivity index (χ2v) is 5.96. The normalized spacial score (nSPS) is 12.1. The summed E-state index contributed by atoms with van der Waals surface area (Å²) in [5.41, 5.74) is 5.73. The molecule has 0 aromatic carbocycles. The zero-order valence-electron chi connectivity index (χ0n) is 12.4. The molecular formula is C12H21N5O2S. The molecule has 112 valence electrons. The Morgan fingerprint density at radius 3 is 2.40 bits per heavy atom. The molecule has 0 bridgehead atoms. The van der Waals surface area contributed by atoms with Gasteiger partial charge in [0.2, 0.25) is 5.91 Å². The van der Waals surface area contributed by atoms with Gasteiger partial charge in [0.25, 0.3) is 5.91 Å². The van der Waals surface area contributed by atoms with Crippen LogP contribution in [0.5, 0.6) is 0 Å². The zero-order valence-corrected chi connectivity index (χ0v) is 13.2. The van der Waals surface area contributed by atoms with Crippen molar-refractivity contribution < 1.29 is 9.59 Å². The molecule has 20 heavy (non-hydrogen) atoms. The van der Waals surface area contributed by atoms with Crippen LogP contribution >= 0.6 is 11.3 Å². The van der Waals surface area contributed by atoms with Gasteiger partial charge in [-0.2, -0.15) is 0 Å². The maximum atomic E-state index is 12.1. The predicted molar refractivity (Wildman–Crippen MR) is 80.9 cm³/mol. The average Bonchev–Trinajstić information content (AvgIpc) is 2.67. The molecule has 0 fully saturated rings. The number of nitrogens with one attached hydrogen (secondary N) is 2. The first kappa shape index (κ1) is 16.2. The Morgan fingerprint density at radius 1 is 1.30 bits per heavy atom. The van der Waals surface area contributed by atoms with Crippen molar-refractivity contribution in [2.45, 2.75) is 32.9 Å². The number of carbonyl (C=O) groups is 2. The van der Waals surface area contributed by atoms with Crippen molar-refractivity contribution >= 4 is 34.1 Å². The molecule has 0 aliphatic heterocycles. The molecule has 0 spiro atoms. The topological polar surface area (TPSA) is 100 Å². The third-order valence-corrected chi connectivity index (χ3v) is 3.43. The van der Waals surface area contributed by atoms with Crippen LogP contribution in [0.25, 0.3) is 0 Å². The van der Waals surface area contributed by atoms with E-state index in [2.05, 4.69) is 15.6 Å². The summed E-state index contributed by atoms with van der Waals surface area (Å²) in [5.74, 6) is -0.401. The van der Waals surface area contributed by atoms with Crippen LogP contribution < -0.4 is 16.4 Å². The number of nitrogen functional groups attached to an aromatic ring is 1. The molecule has 2 amide bonds. The lowest BCUT2D eigenvalue weighted by atomic mass is 10.3. The number of thiazole rings is 1. The van der Waals surface area contributed by atoms with Gasteiger partial charge in [0, 0.05) is 20.1 Å². The lowest BCUT2D eigenvalue weighted by Crippen LogP contribution is -2.44. The van der Waals surface area contributed by atoms with Crippen LogP contribution in [-0.2, 0) is 4.79 Å². The highest BCUT2D eigenvalue weighted by molar-refractivity contribution is 7.18. The maximum absolute atomic E-state index is 12.1. The number of amides is 2. The van der Waals surface area contributed by atoms with E-state index in [0.717, 1.165) is 0 Å². The Balaban J connectivity index is 2.77. The fourth-order valence-corrected chi connectivity index (χ4v) is 2.45. The number of aromatic nitrogens is 1. The Morgan fingerprint density at radius 2 is 1.90 bits per heavy atom. The van der Waals surface area contributed by atoms with E-state index in [9.17, 15) is 9.59 Å². The number of rotatable bonds is 5. The second-order valence-electron chi connectivity index (χ2n) is 4.96. The van der Waals surface area contributed by atoms with Crippen LogP contribution in [0.15, 0.2) is 0 Å². The third-order valence-electron chi connectivity index (χ3n) is 2.43. The molecule has 0 radical (unpaired) electrons. The summed E-state index contributed by atoms with van der Waals surface area (Å²) in [6, 6.07) is -0.411. The Kier molecular flexibility index (Phi) is 5.32. The summed E-state index contributed by atoms with van der Waals surface area (Å²) < 4.78 is 0. The fraction of sp³-hybridized carbons (Fsp3) is 0.583. The van der Waals surface area contributed by atoms with Crippen molar-refractivity contribution in [1.29, 1.82) is 0 Å². The number of anilines is 2. The van der Waals surface area contributed by atoms with E-state index >= 15 is 0 Å². The lowest BCUT2D eigenvalue weighted by molar-refractivity contribution is -0.130. The summed E-state index contributed by atoms with van der Waals surface area (Å²) in [6.45, 7) is 5.56. The first-order valence-corrected chi connectivity index (χ1v) is 7.08. The fourth-order valence-electron chi connectivity index (χ4n) is 1.51. The van der Waals surface area contributed by atoms with Gasteiger partial charge in [0.15, 0.2) is 5.13 Å². The number of hydrogen-bond donors (Lipinski definition) is 3. The minimum absolute atomic E-state index is 0.167. The Labute approximate surface area is 122 Å². The van der Waals surface area contributed by atoms with Crippen LogP contribution in [-0.4, -0.2) is 47.9 Å². The highest BCUT2D eigenvalue weighted by Gasteiger charge is 2.22. The lowest BCUT2D eigenvalue weighted by Gasteiger charge is -2.17. The minimum Gasteiger partial charge on any atom is -0.382 e. The van der Waals surface area contributed by atoms with Gasteiger partial charge in [-0.3, -0.25) is 9.59 Å². The number of nitrogens with two attached hydrogens (primary N) is 1. The molecular weight excluding hydrogens is 278 g/mol. The van der Waals surface area contributed by atoms with E-state index < -0.39 is 6.04 Å². The van der Waals surface area contributed by atoms with E-state index in [1.54, 1.807) is 21.0 Å². The quantitative estimate of drug-likeness (QED) is 0.745. The summed E-state index contributed by atoms with van der Waals surface area (Å²) in [5, 5.41) is 6.30. The zero-order chi connectivity index (χ0) is 15.4. The molecule has 0 aliphatic carbocycles. The van der Waals surface area contributed by atoms with E-state index in [-0.39, 0.29) is 23.7 Å². The first-order chi connectivity index (χ1) is 9.22. The highest BCUT2D eigenvalue weighted by Crippen LogP contribution is 2.25. The average molecular weight is 299 g/mol. The van der Waals surface area contributed by atoms with Gasteiger partial charge in [-0.25, -0.2) is 4.98 Å². The number of carbonyl (C=O) groups excluding carboxylic acids is 2. The van der Waals surface area contributed by atoms with Gasteiger partial charge in [-0.1, -0.05) is 11.3 Å². The largest absolute Gasteiger partial charge is 0.382 e. The molecule has 1 atom stereocenters. The van der Waals surface area contributed by atoms with Crippen LogP contribution in [0.2, 0.25) is 0 Å². The first-order valence-electron chi connectivity index (χ1n) is 6.27. The number of nitrogens with zero attached hydrogens (tertiary/aromatic N) is 2. The SMILES string of the molecule is CC(C)Nc1nc(N)c(C(=O)NC(C)C(=O)N(C)C)s1. The van der Waals surface area contributed by atoms with Crippen molar-refractivity contribution in [3.63, 3.8) is 0 Å². The summed E-state index contributed by atoms with van der Waals surface area (Å²) in [4.78, 5) is 29.6. The molecule has 0 aliphatic rings.